The standard InChI is InChI=1S/C14H16N2S/c15-13-4-3-12-9-16(6-5-11(12)8-13)10-14-2-1-7-17-14/h1-4,7-8H,5-6,9-10,15H2. The number of nitrogens with two attached hydrogens (primary N) is 1. The van der Waals surface area contributed by atoms with Gasteiger partial charge in [0.05, 0.1) is 0 Å². The number of thiophene rings is 1. The van der Waals surface area contributed by atoms with Gasteiger partial charge in [0.25, 0.3) is 0 Å². The molecule has 2 aromatic rings. The van der Waals surface area contributed by atoms with Crippen molar-refractivity contribution in [3.63, 3.8) is 0 Å². The van der Waals surface area contributed by atoms with Crippen LogP contribution in [-0.2, 0) is 19.5 Å². The molecule has 0 spiro atoms. The highest BCUT2D eigenvalue weighted by molar-refractivity contribution is 7.09. The van der Waals surface area contributed by atoms with Gasteiger partial charge in [-0.2, -0.15) is 0 Å². The van der Waals surface area contributed by atoms with Gasteiger partial charge in [-0.15, -0.1) is 11.3 Å². The first-order chi connectivity index (χ1) is 8.31. The Morgan fingerprint density at radius 3 is 3.00 bits per heavy atom. The van der Waals surface area contributed by atoms with Crippen molar-refractivity contribution < 1.29 is 0 Å². The molecule has 2 heterocycles. The Hall–Kier alpha value is -1.32. The van der Waals surface area contributed by atoms with Gasteiger partial charge in [-0.3, -0.25) is 4.90 Å². The van der Waals surface area contributed by atoms with Crippen LogP contribution in [-0.4, -0.2) is 11.4 Å². The molecule has 3 heteroatoms. The summed E-state index contributed by atoms with van der Waals surface area (Å²) in [5, 5.41) is 2.15. The van der Waals surface area contributed by atoms with Crippen molar-refractivity contribution in [3.8, 4) is 0 Å². The first-order valence-electron chi connectivity index (χ1n) is 5.93. The van der Waals surface area contributed by atoms with Gasteiger partial charge in [0.1, 0.15) is 0 Å². The SMILES string of the molecule is Nc1ccc2c(c1)CCN(Cc1cccs1)C2. The van der Waals surface area contributed by atoms with Gasteiger partial charge >= 0.3 is 0 Å². The average Bonchev–Trinajstić information content (AvgIpc) is 2.82. The molecule has 0 saturated carbocycles. The van der Waals surface area contributed by atoms with Crippen LogP contribution in [0, 0.1) is 0 Å². The van der Waals surface area contributed by atoms with Crippen LogP contribution >= 0.6 is 11.3 Å². The quantitative estimate of drug-likeness (QED) is 0.823. The van der Waals surface area contributed by atoms with E-state index in [9.17, 15) is 0 Å². The summed E-state index contributed by atoms with van der Waals surface area (Å²) in [6.45, 7) is 3.25. The number of nitrogens with zero attached hydrogens (tertiary/aromatic N) is 1. The van der Waals surface area contributed by atoms with Gasteiger partial charge in [0.2, 0.25) is 0 Å². The molecule has 2 nitrogen and oxygen atoms in total. The van der Waals surface area contributed by atoms with Crippen molar-refractivity contribution in [1.82, 2.24) is 4.90 Å². The minimum atomic E-state index is 0.885. The van der Waals surface area contributed by atoms with E-state index in [2.05, 4.69) is 34.5 Å². The van der Waals surface area contributed by atoms with Gasteiger partial charge in [-0.05, 0) is 41.1 Å². The van der Waals surface area contributed by atoms with E-state index < -0.39 is 0 Å². The van der Waals surface area contributed by atoms with Gasteiger partial charge < -0.3 is 5.73 Å². The normalized spacial score (nSPS) is 15.8. The van der Waals surface area contributed by atoms with Crippen LogP contribution in [0.1, 0.15) is 16.0 Å². The Bertz CT molecular complexity index is 505. The van der Waals surface area contributed by atoms with Crippen molar-refractivity contribution in [3.05, 3.63) is 51.7 Å². The lowest BCUT2D eigenvalue weighted by Gasteiger charge is -2.28. The van der Waals surface area contributed by atoms with Crippen LogP contribution in [0.25, 0.3) is 0 Å². The van der Waals surface area contributed by atoms with Gasteiger partial charge in [0.15, 0.2) is 0 Å². The summed E-state index contributed by atoms with van der Waals surface area (Å²) < 4.78 is 0. The Kier molecular flexibility index (Phi) is 2.87. The second kappa shape index (κ2) is 4.51. The molecule has 0 saturated heterocycles. The molecule has 0 bridgehead atoms. The predicted octanol–water partition coefficient (Wildman–Crippen LogP) is 2.89. The van der Waals surface area contributed by atoms with E-state index in [-0.39, 0.29) is 0 Å². The van der Waals surface area contributed by atoms with Crippen LogP contribution in [0.5, 0.6) is 0 Å². The van der Waals surface area contributed by atoms with E-state index >= 15 is 0 Å². The largest absolute Gasteiger partial charge is 0.399 e. The van der Waals surface area contributed by atoms with Gasteiger partial charge in [-0.25, -0.2) is 0 Å². The highest BCUT2D eigenvalue weighted by Gasteiger charge is 2.16. The molecule has 0 unspecified atom stereocenters. The molecule has 0 fully saturated rings. The Morgan fingerprint density at radius 1 is 1.24 bits per heavy atom. The smallest absolute Gasteiger partial charge is 0.0331 e. The molecule has 17 heavy (non-hydrogen) atoms. The molecule has 88 valence electrons. The molecular formula is C14H16N2S. The molecule has 0 radical (unpaired) electrons. The summed E-state index contributed by atoms with van der Waals surface area (Å²) in [5.74, 6) is 0. The molecule has 1 aliphatic heterocycles. The zero-order chi connectivity index (χ0) is 11.7. The second-order valence-corrected chi connectivity index (χ2v) is 5.60. The topological polar surface area (TPSA) is 29.3 Å². The van der Waals surface area contributed by atoms with E-state index in [0.29, 0.717) is 0 Å². The highest BCUT2D eigenvalue weighted by atomic mass is 32.1. The lowest BCUT2D eigenvalue weighted by atomic mass is 9.99. The fourth-order valence-electron chi connectivity index (χ4n) is 2.39. The summed E-state index contributed by atoms with van der Waals surface area (Å²) in [4.78, 5) is 3.95. The lowest BCUT2D eigenvalue weighted by Crippen LogP contribution is -2.29. The maximum atomic E-state index is 5.81. The van der Waals surface area contributed by atoms with Crippen LogP contribution in [0.3, 0.4) is 0 Å². The minimum absolute atomic E-state index is 0.885. The van der Waals surface area contributed by atoms with Crippen molar-refractivity contribution in [2.24, 2.45) is 0 Å². The van der Waals surface area contributed by atoms with Gasteiger partial charge in [-0.1, -0.05) is 12.1 Å². The molecular weight excluding hydrogens is 228 g/mol. The maximum absolute atomic E-state index is 5.81. The molecule has 0 aliphatic carbocycles. The van der Waals surface area contributed by atoms with Crippen molar-refractivity contribution >= 4 is 17.0 Å². The van der Waals surface area contributed by atoms with Crippen LogP contribution in [0.2, 0.25) is 0 Å². The number of benzene rings is 1. The van der Waals surface area contributed by atoms with Crippen LogP contribution in [0.4, 0.5) is 5.69 Å². The maximum Gasteiger partial charge on any atom is 0.0331 e. The molecule has 1 aliphatic rings. The number of fused-ring (bicyclic) bond motifs is 1. The van der Waals surface area contributed by atoms with Crippen molar-refractivity contribution in [2.75, 3.05) is 12.3 Å². The third-order valence-corrected chi connectivity index (χ3v) is 4.14. The Balaban J connectivity index is 1.74. The van der Waals surface area contributed by atoms with E-state index in [0.717, 1.165) is 31.7 Å². The Labute approximate surface area is 106 Å². The molecule has 0 amide bonds. The molecule has 2 N–H and O–H groups in total. The zero-order valence-electron chi connectivity index (χ0n) is 9.73. The zero-order valence-corrected chi connectivity index (χ0v) is 10.5. The highest BCUT2D eigenvalue weighted by Crippen LogP contribution is 2.23. The van der Waals surface area contributed by atoms with E-state index in [1.54, 1.807) is 0 Å². The number of nitrogen functional groups attached to an aromatic ring is 1. The summed E-state index contributed by atoms with van der Waals surface area (Å²) in [5.41, 5.74) is 9.55. The molecule has 1 aromatic heterocycles. The van der Waals surface area contributed by atoms with Crippen molar-refractivity contribution in [2.45, 2.75) is 19.5 Å². The van der Waals surface area contributed by atoms with E-state index in [4.69, 9.17) is 5.73 Å². The summed E-state index contributed by atoms with van der Waals surface area (Å²) in [6, 6.07) is 10.6. The third-order valence-electron chi connectivity index (χ3n) is 3.28. The first-order valence-corrected chi connectivity index (χ1v) is 6.81. The number of hydrogen-bond donors (Lipinski definition) is 1. The summed E-state index contributed by atoms with van der Waals surface area (Å²) in [6.07, 6.45) is 1.12. The van der Waals surface area contributed by atoms with E-state index in [1.807, 2.05) is 17.4 Å². The molecule has 1 aromatic carbocycles. The monoisotopic (exact) mass is 244 g/mol. The number of rotatable bonds is 2. The molecule has 0 atom stereocenters. The number of hydrogen-bond acceptors (Lipinski definition) is 3. The fraction of sp³-hybridized carbons (Fsp3) is 0.286. The van der Waals surface area contributed by atoms with Crippen LogP contribution in [0.15, 0.2) is 35.7 Å². The fourth-order valence-corrected chi connectivity index (χ4v) is 3.14. The second-order valence-electron chi connectivity index (χ2n) is 4.57. The lowest BCUT2D eigenvalue weighted by molar-refractivity contribution is 0.248. The summed E-state index contributed by atoms with van der Waals surface area (Å²) >= 11 is 1.84. The van der Waals surface area contributed by atoms with Crippen LogP contribution < -0.4 is 5.73 Å². The predicted molar refractivity (Wildman–Crippen MR) is 73.0 cm³/mol. The van der Waals surface area contributed by atoms with Crippen molar-refractivity contribution in [1.29, 1.82) is 0 Å². The van der Waals surface area contributed by atoms with E-state index in [1.165, 1.54) is 16.0 Å². The molecule has 3 rings (SSSR count). The number of anilines is 1. The Morgan fingerprint density at radius 2 is 2.18 bits per heavy atom. The van der Waals surface area contributed by atoms with Gasteiger partial charge in [0, 0.05) is 30.2 Å². The first kappa shape index (κ1) is 10.8. The average molecular weight is 244 g/mol. The summed E-state index contributed by atoms with van der Waals surface area (Å²) in [7, 11) is 0. The third kappa shape index (κ3) is 2.35. The minimum Gasteiger partial charge on any atom is -0.399 e.